The first-order valence-electron chi connectivity index (χ1n) is 9.69. The predicted molar refractivity (Wildman–Crippen MR) is 101 cm³/mol. The summed E-state index contributed by atoms with van der Waals surface area (Å²) < 4.78 is 18.7. The highest BCUT2D eigenvalue weighted by atomic mass is 19.1. The van der Waals surface area contributed by atoms with Crippen LogP contribution < -0.4 is 10.1 Å². The second kappa shape index (κ2) is 7.87. The zero-order valence-corrected chi connectivity index (χ0v) is 16.3. The number of para-hydroxylation sites is 1. The second-order valence-corrected chi connectivity index (χ2v) is 8.83. The Morgan fingerprint density at radius 2 is 1.96 bits per heavy atom. The Bertz CT molecular complexity index is 700. The number of benzene rings is 1. The molecule has 0 radical (unpaired) electrons. The number of hydrogen-bond acceptors (Lipinski definition) is 3. The molecule has 0 bridgehead atoms. The van der Waals surface area contributed by atoms with Crippen LogP contribution in [-0.2, 0) is 9.59 Å². The standard InChI is InChI=1S/C21H29FN2O3/c1-14-8-16(10-21(2,3)9-14)23-20(26)15-11-24(12-15)19(25)13-27-18-7-5-4-6-17(18)22/h4-7,14-16H,8-13H2,1-3H3,(H,23,26). The zero-order chi connectivity index (χ0) is 19.6. The van der Waals surface area contributed by atoms with E-state index in [4.69, 9.17) is 4.74 Å². The first kappa shape index (κ1) is 19.6. The van der Waals surface area contributed by atoms with Gasteiger partial charge in [-0.3, -0.25) is 9.59 Å². The number of carbonyl (C=O) groups excluding carboxylic acids is 2. The fraction of sp³-hybridized carbons (Fsp3) is 0.619. The van der Waals surface area contributed by atoms with Crippen molar-refractivity contribution in [1.82, 2.24) is 10.2 Å². The molecule has 2 unspecified atom stereocenters. The molecule has 1 N–H and O–H groups in total. The number of rotatable bonds is 5. The van der Waals surface area contributed by atoms with Crippen LogP contribution in [0.1, 0.15) is 40.0 Å². The Kier molecular flexibility index (Phi) is 5.72. The average Bonchev–Trinajstić information content (AvgIpc) is 2.50. The van der Waals surface area contributed by atoms with E-state index < -0.39 is 5.82 Å². The number of ether oxygens (including phenoxy) is 1. The van der Waals surface area contributed by atoms with E-state index in [1.807, 2.05) is 0 Å². The van der Waals surface area contributed by atoms with Crippen LogP contribution in [0.15, 0.2) is 24.3 Å². The SMILES string of the molecule is CC1CC(NC(=O)C2CN(C(=O)COc3ccccc3F)C2)CC(C)(C)C1. The van der Waals surface area contributed by atoms with Gasteiger partial charge in [0.1, 0.15) is 0 Å². The van der Waals surface area contributed by atoms with Gasteiger partial charge < -0.3 is 15.0 Å². The van der Waals surface area contributed by atoms with Gasteiger partial charge in [-0.2, -0.15) is 0 Å². The molecule has 3 rings (SSSR count). The van der Waals surface area contributed by atoms with Gasteiger partial charge in [0.05, 0.1) is 5.92 Å². The highest BCUT2D eigenvalue weighted by Gasteiger charge is 2.38. The van der Waals surface area contributed by atoms with Crippen molar-refractivity contribution >= 4 is 11.8 Å². The maximum absolute atomic E-state index is 13.5. The fourth-order valence-corrected chi connectivity index (χ4v) is 4.42. The molecule has 1 aliphatic carbocycles. The molecule has 2 aliphatic rings. The van der Waals surface area contributed by atoms with Crippen molar-refractivity contribution in [3.63, 3.8) is 0 Å². The molecule has 1 saturated carbocycles. The van der Waals surface area contributed by atoms with Gasteiger partial charge in [-0.25, -0.2) is 4.39 Å². The second-order valence-electron chi connectivity index (χ2n) is 8.83. The Morgan fingerprint density at radius 3 is 2.63 bits per heavy atom. The van der Waals surface area contributed by atoms with Crippen molar-refractivity contribution in [2.45, 2.75) is 46.1 Å². The molecule has 0 aromatic heterocycles. The number of carbonyl (C=O) groups is 2. The number of nitrogens with zero attached hydrogens (tertiary/aromatic N) is 1. The summed E-state index contributed by atoms with van der Waals surface area (Å²) in [7, 11) is 0. The van der Waals surface area contributed by atoms with Crippen molar-refractivity contribution in [3.8, 4) is 5.75 Å². The molecule has 0 spiro atoms. The molecule has 148 valence electrons. The molecule has 1 saturated heterocycles. The van der Waals surface area contributed by atoms with Crippen LogP contribution in [0.4, 0.5) is 4.39 Å². The molecule has 5 nitrogen and oxygen atoms in total. The van der Waals surface area contributed by atoms with Crippen LogP contribution >= 0.6 is 0 Å². The number of amides is 2. The molecular formula is C21H29FN2O3. The van der Waals surface area contributed by atoms with E-state index in [-0.39, 0.29) is 41.5 Å². The molecule has 1 heterocycles. The van der Waals surface area contributed by atoms with Gasteiger partial charge in [-0.05, 0) is 42.7 Å². The van der Waals surface area contributed by atoms with Crippen LogP contribution in [0, 0.1) is 23.1 Å². The normalized spacial score (nSPS) is 24.8. The summed E-state index contributed by atoms with van der Waals surface area (Å²) in [5.41, 5.74) is 0.251. The summed E-state index contributed by atoms with van der Waals surface area (Å²) in [5, 5.41) is 3.17. The minimum Gasteiger partial charge on any atom is -0.481 e. The number of likely N-dealkylation sites (tertiary alicyclic amines) is 1. The van der Waals surface area contributed by atoms with Crippen molar-refractivity contribution < 1.29 is 18.7 Å². The maximum atomic E-state index is 13.5. The summed E-state index contributed by atoms with van der Waals surface area (Å²) in [4.78, 5) is 26.2. The molecule has 6 heteroatoms. The van der Waals surface area contributed by atoms with Crippen molar-refractivity contribution in [3.05, 3.63) is 30.1 Å². The Hall–Kier alpha value is -2.11. The summed E-state index contributed by atoms with van der Waals surface area (Å²) in [6.07, 6.45) is 3.20. The summed E-state index contributed by atoms with van der Waals surface area (Å²) in [6.45, 7) is 7.32. The van der Waals surface area contributed by atoms with Crippen LogP contribution in [0.5, 0.6) is 5.75 Å². The highest BCUT2D eigenvalue weighted by molar-refractivity contribution is 5.85. The monoisotopic (exact) mass is 376 g/mol. The minimum absolute atomic E-state index is 0.0315. The van der Waals surface area contributed by atoms with E-state index in [0.717, 1.165) is 12.8 Å². The van der Waals surface area contributed by atoms with Gasteiger partial charge in [0.15, 0.2) is 18.2 Å². The average molecular weight is 376 g/mol. The Morgan fingerprint density at radius 1 is 1.26 bits per heavy atom. The van der Waals surface area contributed by atoms with Gasteiger partial charge in [-0.15, -0.1) is 0 Å². The lowest BCUT2D eigenvalue weighted by molar-refractivity contribution is -0.145. The topological polar surface area (TPSA) is 58.6 Å². The lowest BCUT2D eigenvalue weighted by atomic mass is 9.70. The quantitative estimate of drug-likeness (QED) is 0.859. The van der Waals surface area contributed by atoms with Gasteiger partial charge >= 0.3 is 0 Å². The number of halogens is 1. The van der Waals surface area contributed by atoms with Gasteiger partial charge in [0.2, 0.25) is 5.91 Å². The lowest BCUT2D eigenvalue weighted by Crippen LogP contribution is -2.58. The van der Waals surface area contributed by atoms with Gasteiger partial charge in [-0.1, -0.05) is 32.9 Å². The Labute approximate surface area is 160 Å². The third-order valence-corrected chi connectivity index (χ3v) is 5.53. The van der Waals surface area contributed by atoms with E-state index in [1.165, 1.54) is 18.6 Å². The molecule has 1 aromatic carbocycles. The molecule has 2 fully saturated rings. The highest BCUT2D eigenvalue weighted by Crippen LogP contribution is 2.38. The predicted octanol–water partition coefficient (Wildman–Crippen LogP) is 2.99. The summed E-state index contributed by atoms with van der Waals surface area (Å²) >= 11 is 0. The number of nitrogens with one attached hydrogen (secondary N) is 1. The summed E-state index contributed by atoms with van der Waals surface area (Å²) in [6, 6.07) is 6.21. The first-order valence-corrected chi connectivity index (χ1v) is 9.69. The van der Waals surface area contributed by atoms with E-state index in [0.29, 0.717) is 19.0 Å². The zero-order valence-electron chi connectivity index (χ0n) is 16.3. The summed E-state index contributed by atoms with van der Waals surface area (Å²) in [5.74, 6) is -0.180. The number of hydrogen-bond donors (Lipinski definition) is 1. The van der Waals surface area contributed by atoms with E-state index >= 15 is 0 Å². The molecule has 2 atom stereocenters. The van der Waals surface area contributed by atoms with Gasteiger partial charge in [0, 0.05) is 19.1 Å². The van der Waals surface area contributed by atoms with Crippen LogP contribution in [0.2, 0.25) is 0 Å². The van der Waals surface area contributed by atoms with Crippen LogP contribution in [0.25, 0.3) is 0 Å². The third kappa shape index (κ3) is 4.99. The van der Waals surface area contributed by atoms with Gasteiger partial charge in [0.25, 0.3) is 5.91 Å². The largest absolute Gasteiger partial charge is 0.481 e. The van der Waals surface area contributed by atoms with Crippen LogP contribution in [-0.4, -0.2) is 42.5 Å². The molecule has 1 aliphatic heterocycles. The smallest absolute Gasteiger partial charge is 0.260 e. The van der Waals surface area contributed by atoms with E-state index in [1.54, 1.807) is 17.0 Å². The van der Waals surface area contributed by atoms with Crippen LogP contribution in [0.3, 0.4) is 0 Å². The molecule has 1 aromatic rings. The fourth-order valence-electron chi connectivity index (χ4n) is 4.42. The van der Waals surface area contributed by atoms with Crippen molar-refractivity contribution in [1.29, 1.82) is 0 Å². The molecule has 27 heavy (non-hydrogen) atoms. The Balaban J connectivity index is 1.41. The first-order chi connectivity index (χ1) is 12.7. The third-order valence-electron chi connectivity index (χ3n) is 5.53. The lowest BCUT2D eigenvalue weighted by Gasteiger charge is -2.42. The van der Waals surface area contributed by atoms with E-state index in [2.05, 4.69) is 26.1 Å². The maximum Gasteiger partial charge on any atom is 0.260 e. The van der Waals surface area contributed by atoms with Crippen molar-refractivity contribution in [2.24, 2.45) is 17.3 Å². The molecular weight excluding hydrogens is 347 g/mol. The van der Waals surface area contributed by atoms with E-state index in [9.17, 15) is 14.0 Å². The van der Waals surface area contributed by atoms with Crippen molar-refractivity contribution in [2.75, 3.05) is 19.7 Å². The molecule has 2 amide bonds. The minimum atomic E-state index is -0.490.